The molecule has 0 saturated heterocycles. The van der Waals surface area contributed by atoms with Gasteiger partial charge < -0.3 is 4.74 Å². The van der Waals surface area contributed by atoms with E-state index in [1.54, 1.807) is 23.1 Å². The van der Waals surface area contributed by atoms with Crippen LogP contribution in [0.1, 0.15) is 44.1 Å². The zero-order chi connectivity index (χ0) is 15.0. The summed E-state index contributed by atoms with van der Waals surface area (Å²) in [5, 5.41) is 2.42. The van der Waals surface area contributed by atoms with Gasteiger partial charge in [-0.3, -0.25) is 0 Å². The van der Waals surface area contributed by atoms with Gasteiger partial charge >= 0.3 is 0 Å². The zero-order valence-corrected chi connectivity index (χ0v) is 14.9. The second-order valence-electron chi connectivity index (χ2n) is 5.60. The van der Waals surface area contributed by atoms with Crippen molar-refractivity contribution in [1.29, 1.82) is 0 Å². The molecule has 114 valence electrons. The van der Waals surface area contributed by atoms with E-state index in [-0.39, 0.29) is 5.60 Å². The first-order chi connectivity index (χ1) is 10.1. The van der Waals surface area contributed by atoms with E-state index in [1.165, 1.54) is 10.4 Å². The summed E-state index contributed by atoms with van der Waals surface area (Å²) in [6, 6.07) is 0. The van der Waals surface area contributed by atoms with Crippen molar-refractivity contribution >= 4 is 44.9 Å². The topological polar surface area (TPSA) is 35.0 Å². The minimum Gasteiger partial charge on any atom is -0.369 e. The number of ether oxygens (including phenoxy) is 1. The maximum Gasteiger partial charge on any atom is 0.190 e. The number of thioether (sulfide) groups is 1. The van der Waals surface area contributed by atoms with E-state index < -0.39 is 0 Å². The molecule has 2 aromatic rings. The van der Waals surface area contributed by atoms with Crippen molar-refractivity contribution in [3.8, 4) is 0 Å². The van der Waals surface area contributed by atoms with Gasteiger partial charge in [0.05, 0.1) is 17.6 Å². The highest BCUT2D eigenvalue weighted by molar-refractivity contribution is 7.99. The molecule has 0 amide bonds. The Kier molecular flexibility index (Phi) is 4.46. The molecule has 21 heavy (non-hydrogen) atoms. The third kappa shape index (κ3) is 2.93. The van der Waals surface area contributed by atoms with Crippen LogP contribution in [0.15, 0.2) is 5.16 Å². The van der Waals surface area contributed by atoms with Crippen LogP contribution in [0.2, 0.25) is 5.15 Å². The molecule has 0 radical (unpaired) electrons. The molecule has 3 rings (SSSR count). The van der Waals surface area contributed by atoms with Gasteiger partial charge in [-0.15, -0.1) is 11.3 Å². The highest BCUT2D eigenvalue weighted by Crippen LogP contribution is 2.42. The molecule has 0 fully saturated rings. The van der Waals surface area contributed by atoms with Gasteiger partial charge in [-0.05, 0) is 25.3 Å². The maximum atomic E-state index is 6.46. The number of hydrogen-bond acceptors (Lipinski definition) is 5. The Morgan fingerprint density at radius 2 is 2.19 bits per heavy atom. The molecule has 0 bridgehead atoms. The fourth-order valence-electron chi connectivity index (χ4n) is 2.49. The van der Waals surface area contributed by atoms with Gasteiger partial charge in [0.2, 0.25) is 0 Å². The van der Waals surface area contributed by atoms with Gasteiger partial charge in [0.15, 0.2) is 5.16 Å². The van der Waals surface area contributed by atoms with Crippen molar-refractivity contribution in [3.05, 3.63) is 15.6 Å². The van der Waals surface area contributed by atoms with Gasteiger partial charge in [0, 0.05) is 17.1 Å². The molecule has 0 aromatic carbocycles. The van der Waals surface area contributed by atoms with Crippen molar-refractivity contribution < 1.29 is 4.74 Å². The summed E-state index contributed by atoms with van der Waals surface area (Å²) in [5.41, 5.74) is 1.20. The molecule has 1 aliphatic rings. The monoisotopic (exact) mass is 342 g/mol. The summed E-state index contributed by atoms with van der Waals surface area (Å²) in [6.45, 7) is 7.14. The molecule has 3 heterocycles. The molecule has 2 aromatic heterocycles. The highest BCUT2D eigenvalue weighted by Gasteiger charge is 2.33. The fourth-order valence-corrected chi connectivity index (χ4v) is 4.74. The third-order valence-electron chi connectivity index (χ3n) is 3.96. The van der Waals surface area contributed by atoms with Crippen LogP contribution in [0, 0.1) is 0 Å². The van der Waals surface area contributed by atoms with E-state index in [4.69, 9.17) is 16.3 Å². The molecular weight excluding hydrogens is 324 g/mol. The molecule has 6 heteroatoms. The lowest BCUT2D eigenvalue weighted by Crippen LogP contribution is -2.33. The molecule has 0 saturated carbocycles. The summed E-state index contributed by atoms with van der Waals surface area (Å²) in [7, 11) is 0. The first kappa shape index (κ1) is 15.5. The first-order valence-corrected chi connectivity index (χ1v) is 9.49. The third-order valence-corrected chi connectivity index (χ3v) is 6.38. The molecule has 0 N–H and O–H groups in total. The number of aromatic nitrogens is 2. The Hall–Kier alpha value is -0.360. The number of hydrogen-bond donors (Lipinski definition) is 0. The van der Waals surface area contributed by atoms with E-state index >= 15 is 0 Å². The molecular formula is C15H19ClN2OS2. The number of fused-ring (bicyclic) bond motifs is 3. The maximum absolute atomic E-state index is 6.46. The predicted octanol–water partition coefficient (Wildman–Crippen LogP) is 5.09. The average molecular weight is 343 g/mol. The second kappa shape index (κ2) is 6.03. The van der Waals surface area contributed by atoms with Gasteiger partial charge in [-0.25, -0.2) is 9.97 Å². The van der Waals surface area contributed by atoms with Crippen molar-refractivity contribution in [3.63, 3.8) is 0 Å². The molecule has 1 atom stereocenters. The Morgan fingerprint density at radius 3 is 2.90 bits per heavy atom. The molecule has 1 aliphatic heterocycles. The minimum atomic E-state index is -0.0973. The van der Waals surface area contributed by atoms with Crippen LogP contribution in [0.3, 0.4) is 0 Å². The zero-order valence-electron chi connectivity index (χ0n) is 12.5. The van der Waals surface area contributed by atoms with E-state index in [0.29, 0.717) is 11.8 Å². The Morgan fingerprint density at radius 1 is 1.38 bits per heavy atom. The lowest BCUT2D eigenvalue weighted by atomic mass is 9.90. The van der Waals surface area contributed by atoms with E-state index in [0.717, 1.165) is 40.4 Å². The largest absolute Gasteiger partial charge is 0.369 e. The van der Waals surface area contributed by atoms with Crippen LogP contribution >= 0.6 is 34.7 Å². The average Bonchev–Trinajstić information content (AvgIpc) is 2.83. The van der Waals surface area contributed by atoms with Crippen LogP contribution in [0.5, 0.6) is 0 Å². The predicted molar refractivity (Wildman–Crippen MR) is 90.6 cm³/mol. The van der Waals surface area contributed by atoms with Crippen LogP contribution in [0.25, 0.3) is 10.2 Å². The Labute approximate surface area is 138 Å². The lowest BCUT2D eigenvalue weighted by molar-refractivity contribution is -0.0543. The van der Waals surface area contributed by atoms with E-state index in [2.05, 4.69) is 30.7 Å². The standard InChI is InChI=1S/C15H19ClN2OS2/c1-4-6-20-14-17-12(16)11-9-7-15(3,5-2)19-8-10(9)21-13(11)18-14/h4-8H2,1-3H3/t15-/m0/s1. The summed E-state index contributed by atoms with van der Waals surface area (Å²) < 4.78 is 6.02. The molecule has 3 nitrogen and oxygen atoms in total. The van der Waals surface area contributed by atoms with Gasteiger partial charge in [0.25, 0.3) is 0 Å². The lowest BCUT2D eigenvalue weighted by Gasteiger charge is -2.33. The van der Waals surface area contributed by atoms with Gasteiger partial charge in [-0.2, -0.15) is 0 Å². The minimum absolute atomic E-state index is 0.0973. The normalized spacial score (nSPS) is 21.7. The molecule has 0 aliphatic carbocycles. The summed E-state index contributed by atoms with van der Waals surface area (Å²) in [4.78, 5) is 11.4. The van der Waals surface area contributed by atoms with E-state index in [9.17, 15) is 0 Å². The van der Waals surface area contributed by atoms with Crippen LogP contribution in [0.4, 0.5) is 0 Å². The smallest absolute Gasteiger partial charge is 0.190 e. The molecule has 0 unspecified atom stereocenters. The van der Waals surface area contributed by atoms with Crippen molar-refractivity contribution in [2.45, 2.75) is 57.4 Å². The number of thiophene rings is 1. The quantitative estimate of drug-likeness (QED) is 0.440. The Balaban J connectivity index is 2.05. The number of rotatable bonds is 4. The SMILES string of the molecule is CCCSc1nc(Cl)c2c3c(sc2n1)CO[C@@](C)(CC)C3. The van der Waals surface area contributed by atoms with E-state index in [1.807, 2.05) is 0 Å². The van der Waals surface area contributed by atoms with Crippen molar-refractivity contribution in [1.82, 2.24) is 9.97 Å². The van der Waals surface area contributed by atoms with Crippen molar-refractivity contribution in [2.75, 3.05) is 5.75 Å². The first-order valence-electron chi connectivity index (χ1n) is 7.31. The van der Waals surface area contributed by atoms with Gasteiger partial charge in [-0.1, -0.05) is 37.2 Å². The highest BCUT2D eigenvalue weighted by atomic mass is 35.5. The summed E-state index contributed by atoms with van der Waals surface area (Å²) in [6.07, 6.45) is 2.99. The molecule has 0 spiro atoms. The number of nitrogens with zero attached hydrogens (tertiary/aromatic N) is 2. The number of halogens is 1. The van der Waals surface area contributed by atoms with Crippen molar-refractivity contribution in [2.24, 2.45) is 0 Å². The summed E-state index contributed by atoms with van der Waals surface area (Å²) >= 11 is 9.82. The summed E-state index contributed by atoms with van der Waals surface area (Å²) in [5.74, 6) is 1.02. The van der Waals surface area contributed by atoms with Gasteiger partial charge in [0.1, 0.15) is 9.98 Å². The van der Waals surface area contributed by atoms with Crippen LogP contribution < -0.4 is 0 Å². The van der Waals surface area contributed by atoms with Crippen LogP contribution in [-0.2, 0) is 17.8 Å². The van der Waals surface area contributed by atoms with Crippen LogP contribution in [-0.4, -0.2) is 21.3 Å². The Bertz CT molecular complexity index is 673. The second-order valence-corrected chi connectivity index (χ2v) is 8.10. The fraction of sp³-hybridized carbons (Fsp3) is 0.600.